The van der Waals surface area contributed by atoms with Crippen LogP contribution >= 0.6 is 0 Å². The summed E-state index contributed by atoms with van der Waals surface area (Å²) in [5.74, 6) is -1.30. The monoisotopic (exact) mass is 284 g/mol. The molecule has 4 heteroatoms. The van der Waals surface area contributed by atoms with Gasteiger partial charge in [-0.1, -0.05) is 32.8 Å². The lowest BCUT2D eigenvalue weighted by molar-refractivity contribution is -0.151. The number of aliphatic carboxylic acids is 1. The Labute approximate surface area is 122 Å². The largest absolute Gasteiger partial charge is 0.481 e. The number of rotatable bonds is 11. The normalized spacial score (nSPS) is 12.8. The van der Waals surface area contributed by atoms with Crippen molar-refractivity contribution in [1.29, 1.82) is 0 Å². The maximum absolute atomic E-state index is 11.1. The average Bonchev–Trinajstić information content (AvgIpc) is 2.36. The van der Waals surface area contributed by atoms with Crippen LogP contribution in [0.3, 0.4) is 0 Å². The lowest BCUT2D eigenvalue weighted by Crippen LogP contribution is -2.27. The van der Waals surface area contributed by atoms with Crippen molar-refractivity contribution in [3.8, 4) is 0 Å². The van der Waals surface area contributed by atoms with Crippen LogP contribution in [-0.4, -0.2) is 22.6 Å². The minimum Gasteiger partial charge on any atom is -0.481 e. The maximum atomic E-state index is 11.1. The molecule has 1 unspecified atom stereocenters. The highest BCUT2D eigenvalue weighted by atomic mass is 16.6. The number of esters is 1. The molecule has 0 saturated heterocycles. The molecular weight excluding hydrogens is 256 g/mol. The topological polar surface area (TPSA) is 63.6 Å². The molecule has 0 spiro atoms. The molecule has 0 aromatic rings. The fraction of sp³-hybridized carbons (Fsp3) is 0.750. The number of carbonyl (C=O) groups is 2. The first kappa shape index (κ1) is 18.7. The van der Waals surface area contributed by atoms with E-state index in [1.807, 2.05) is 20.8 Å². The van der Waals surface area contributed by atoms with Crippen LogP contribution in [0.25, 0.3) is 0 Å². The van der Waals surface area contributed by atoms with E-state index in [0.717, 1.165) is 44.9 Å². The minimum absolute atomic E-state index is 0.216. The van der Waals surface area contributed by atoms with Crippen LogP contribution < -0.4 is 0 Å². The van der Waals surface area contributed by atoms with Gasteiger partial charge in [-0.15, -0.1) is 0 Å². The predicted molar refractivity (Wildman–Crippen MR) is 79.5 cm³/mol. The van der Waals surface area contributed by atoms with Crippen LogP contribution in [0.4, 0.5) is 0 Å². The Bertz CT molecular complexity index is 320. The van der Waals surface area contributed by atoms with E-state index in [1.54, 1.807) is 0 Å². The van der Waals surface area contributed by atoms with Crippen LogP contribution in [0.2, 0.25) is 0 Å². The molecule has 0 heterocycles. The van der Waals surface area contributed by atoms with E-state index in [1.165, 1.54) is 6.08 Å². The van der Waals surface area contributed by atoms with Gasteiger partial charge in [0.15, 0.2) is 0 Å². The summed E-state index contributed by atoms with van der Waals surface area (Å²) >= 11 is 0. The SMILES string of the molecule is C=CC(=O)OC(C)(C)CCCCCC(CCC)C(=O)O. The van der Waals surface area contributed by atoms with Crippen molar-refractivity contribution in [3.05, 3.63) is 12.7 Å². The van der Waals surface area contributed by atoms with Crippen LogP contribution in [-0.2, 0) is 14.3 Å². The van der Waals surface area contributed by atoms with E-state index in [-0.39, 0.29) is 5.92 Å². The van der Waals surface area contributed by atoms with Crippen LogP contribution in [0.5, 0.6) is 0 Å². The Morgan fingerprint density at radius 2 is 1.90 bits per heavy atom. The molecular formula is C16H28O4. The van der Waals surface area contributed by atoms with E-state index < -0.39 is 17.5 Å². The molecule has 20 heavy (non-hydrogen) atoms. The van der Waals surface area contributed by atoms with Crippen molar-refractivity contribution in [1.82, 2.24) is 0 Å². The van der Waals surface area contributed by atoms with Gasteiger partial charge in [0.25, 0.3) is 0 Å². The zero-order valence-corrected chi connectivity index (χ0v) is 13.0. The standard InChI is InChI=1S/C16H28O4/c1-5-10-13(15(18)19)11-8-7-9-12-16(3,4)20-14(17)6-2/h6,13H,2,5,7-12H2,1,3-4H3,(H,18,19). The molecule has 0 fully saturated rings. The van der Waals surface area contributed by atoms with Gasteiger partial charge in [0.1, 0.15) is 5.60 Å². The summed E-state index contributed by atoms with van der Waals surface area (Å²) in [5, 5.41) is 9.05. The summed E-state index contributed by atoms with van der Waals surface area (Å²) in [4.78, 5) is 22.1. The quantitative estimate of drug-likeness (QED) is 0.354. The van der Waals surface area contributed by atoms with Gasteiger partial charge in [0.2, 0.25) is 0 Å². The Morgan fingerprint density at radius 1 is 1.25 bits per heavy atom. The molecule has 0 aromatic heterocycles. The van der Waals surface area contributed by atoms with Crippen molar-refractivity contribution in [2.24, 2.45) is 5.92 Å². The molecule has 1 N–H and O–H groups in total. The van der Waals surface area contributed by atoms with E-state index in [4.69, 9.17) is 9.84 Å². The summed E-state index contributed by atoms with van der Waals surface area (Å²) < 4.78 is 5.24. The Morgan fingerprint density at radius 3 is 2.40 bits per heavy atom. The second kappa shape index (κ2) is 9.56. The van der Waals surface area contributed by atoms with Crippen molar-refractivity contribution in [3.63, 3.8) is 0 Å². The third-order valence-electron chi connectivity index (χ3n) is 3.36. The minimum atomic E-state index is -0.688. The highest BCUT2D eigenvalue weighted by molar-refractivity contribution is 5.81. The summed E-state index contributed by atoms with van der Waals surface area (Å²) in [5.41, 5.74) is -0.485. The lowest BCUT2D eigenvalue weighted by atomic mass is 9.94. The molecule has 4 nitrogen and oxygen atoms in total. The van der Waals surface area contributed by atoms with E-state index in [9.17, 15) is 9.59 Å². The summed E-state index contributed by atoms with van der Waals surface area (Å²) in [6, 6.07) is 0. The van der Waals surface area contributed by atoms with Gasteiger partial charge in [-0.2, -0.15) is 0 Å². The van der Waals surface area contributed by atoms with Crippen molar-refractivity contribution in [2.45, 2.75) is 71.3 Å². The van der Waals surface area contributed by atoms with Crippen LogP contribution in [0.15, 0.2) is 12.7 Å². The molecule has 0 bridgehead atoms. The summed E-state index contributed by atoms with van der Waals surface area (Å²) in [7, 11) is 0. The van der Waals surface area contributed by atoms with Gasteiger partial charge < -0.3 is 9.84 Å². The third kappa shape index (κ3) is 8.73. The van der Waals surface area contributed by atoms with Crippen molar-refractivity contribution in [2.75, 3.05) is 0 Å². The number of ether oxygens (including phenoxy) is 1. The first-order valence-corrected chi connectivity index (χ1v) is 7.40. The van der Waals surface area contributed by atoms with Gasteiger partial charge in [-0.25, -0.2) is 4.79 Å². The number of unbranched alkanes of at least 4 members (excludes halogenated alkanes) is 2. The zero-order valence-electron chi connectivity index (χ0n) is 13.0. The van der Waals surface area contributed by atoms with Crippen LogP contribution in [0.1, 0.15) is 65.7 Å². The first-order chi connectivity index (χ1) is 9.32. The third-order valence-corrected chi connectivity index (χ3v) is 3.36. The summed E-state index contributed by atoms with van der Waals surface area (Å²) in [6.07, 6.45) is 7.12. The molecule has 0 amide bonds. The smallest absolute Gasteiger partial charge is 0.330 e. The number of hydrogen-bond donors (Lipinski definition) is 1. The number of carboxylic acid groups (broad SMARTS) is 1. The van der Waals surface area contributed by atoms with Crippen molar-refractivity contribution < 1.29 is 19.4 Å². The molecule has 0 aromatic carbocycles. The molecule has 0 rings (SSSR count). The Balaban J connectivity index is 3.87. The molecule has 0 aliphatic rings. The van der Waals surface area contributed by atoms with Crippen LogP contribution in [0, 0.1) is 5.92 Å². The Kier molecular flexibility index (Phi) is 8.93. The highest BCUT2D eigenvalue weighted by Crippen LogP contribution is 2.21. The van der Waals surface area contributed by atoms with Crippen molar-refractivity contribution >= 4 is 11.9 Å². The zero-order chi connectivity index (χ0) is 15.6. The van der Waals surface area contributed by atoms with Gasteiger partial charge in [0.05, 0.1) is 5.92 Å². The fourth-order valence-corrected chi connectivity index (χ4v) is 2.22. The van der Waals surface area contributed by atoms with E-state index in [0.29, 0.717) is 0 Å². The number of carbonyl (C=O) groups excluding carboxylic acids is 1. The number of hydrogen-bond acceptors (Lipinski definition) is 3. The molecule has 0 radical (unpaired) electrons. The lowest BCUT2D eigenvalue weighted by Gasteiger charge is -2.24. The van der Waals surface area contributed by atoms with E-state index in [2.05, 4.69) is 6.58 Å². The molecule has 0 aliphatic carbocycles. The molecule has 0 saturated carbocycles. The summed E-state index contributed by atoms with van der Waals surface area (Å²) in [6.45, 7) is 9.15. The van der Waals surface area contributed by atoms with Gasteiger partial charge in [0, 0.05) is 6.08 Å². The average molecular weight is 284 g/mol. The first-order valence-electron chi connectivity index (χ1n) is 7.40. The molecule has 0 aliphatic heterocycles. The molecule has 116 valence electrons. The Hall–Kier alpha value is -1.32. The molecule has 1 atom stereocenters. The van der Waals surface area contributed by atoms with Gasteiger partial charge in [-0.3, -0.25) is 4.79 Å². The fourth-order valence-electron chi connectivity index (χ4n) is 2.22. The van der Waals surface area contributed by atoms with E-state index >= 15 is 0 Å². The maximum Gasteiger partial charge on any atom is 0.330 e. The second-order valence-corrected chi connectivity index (χ2v) is 5.81. The van der Waals surface area contributed by atoms with Gasteiger partial charge in [-0.05, 0) is 39.5 Å². The van der Waals surface area contributed by atoms with Gasteiger partial charge >= 0.3 is 11.9 Å². The second-order valence-electron chi connectivity index (χ2n) is 5.81. The predicted octanol–water partition coefficient (Wildman–Crippen LogP) is 3.95. The number of carboxylic acids is 1. The highest BCUT2D eigenvalue weighted by Gasteiger charge is 2.21.